The molecule has 1 amide bonds. The molecule has 0 atom stereocenters. The first-order valence-electron chi connectivity index (χ1n) is 5.02. The van der Waals surface area contributed by atoms with E-state index in [2.05, 4.69) is 5.32 Å². The third-order valence-corrected chi connectivity index (χ3v) is 1.95. The lowest BCUT2D eigenvalue weighted by Gasteiger charge is -2.08. The van der Waals surface area contributed by atoms with Crippen LogP contribution in [0.4, 0.5) is 0 Å². The van der Waals surface area contributed by atoms with Gasteiger partial charge in [0.2, 0.25) is 0 Å². The van der Waals surface area contributed by atoms with Gasteiger partial charge in [-0.2, -0.15) is 0 Å². The first-order chi connectivity index (χ1) is 7.13. The van der Waals surface area contributed by atoms with E-state index in [-0.39, 0.29) is 11.9 Å². The maximum absolute atomic E-state index is 11.6. The zero-order chi connectivity index (χ0) is 11.3. The van der Waals surface area contributed by atoms with Gasteiger partial charge < -0.3 is 10.1 Å². The second-order valence-corrected chi connectivity index (χ2v) is 3.76. The SMILES string of the molecule is COCc1ccc(C(=O)NC(C)C)cc1. The molecule has 1 aromatic rings. The number of carbonyl (C=O) groups is 1. The molecule has 0 saturated carbocycles. The second kappa shape index (κ2) is 5.51. The fourth-order valence-corrected chi connectivity index (χ4v) is 1.26. The molecule has 0 aliphatic rings. The van der Waals surface area contributed by atoms with Gasteiger partial charge in [0.05, 0.1) is 6.61 Å². The summed E-state index contributed by atoms with van der Waals surface area (Å²) >= 11 is 0. The summed E-state index contributed by atoms with van der Waals surface area (Å²) in [5.41, 5.74) is 1.75. The first kappa shape index (κ1) is 11.7. The lowest BCUT2D eigenvalue weighted by molar-refractivity contribution is 0.0943. The Hall–Kier alpha value is -1.35. The molecule has 1 aromatic carbocycles. The van der Waals surface area contributed by atoms with Crippen LogP contribution in [-0.4, -0.2) is 19.1 Å². The number of rotatable bonds is 4. The van der Waals surface area contributed by atoms with Crippen LogP contribution in [-0.2, 0) is 11.3 Å². The smallest absolute Gasteiger partial charge is 0.251 e. The van der Waals surface area contributed by atoms with Crippen LogP contribution in [0.5, 0.6) is 0 Å². The van der Waals surface area contributed by atoms with Crippen LogP contribution in [0.1, 0.15) is 29.8 Å². The molecule has 0 spiro atoms. The highest BCUT2D eigenvalue weighted by Gasteiger charge is 2.05. The molecule has 3 nitrogen and oxygen atoms in total. The Morgan fingerprint density at radius 3 is 2.40 bits per heavy atom. The van der Waals surface area contributed by atoms with Crippen LogP contribution in [0, 0.1) is 0 Å². The van der Waals surface area contributed by atoms with Crippen molar-refractivity contribution < 1.29 is 9.53 Å². The van der Waals surface area contributed by atoms with Gasteiger partial charge in [0.15, 0.2) is 0 Å². The Morgan fingerprint density at radius 2 is 1.93 bits per heavy atom. The van der Waals surface area contributed by atoms with Gasteiger partial charge in [-0.15, -0.1) is 0 Å². The molecule has 3 heteroatoms. The molecule has 0 unspecified atom stereocenters. The van der Waals surface area contributed by atoms with Gasteiger partial charge in [-0.25, -0.2) is 0 Å². The van der Waals surface area contributed by atoms with E-state index >= 15 is 0 Å². The van der Waals surface area contributed by atoms with Crippen molar-refractivity contribution >= 4 is 5.91 Å². The minimum atomic E-state index is -0.0334. The van der Waals surface area contributed by atoms with Crippen LogP contribution in [0.15, 0.2) is 24.3 Å². The van der Waals surface area contributed by atoms with Crippen molar-refractivity contribution in [3.63, 3.8) is 0 Å². The van der Waals surface area contributed by atoms with Crippen molar-refractivity contribution in [3.8, 4) is 0 Å². The van der Waals surface area contributed by atoms with E-state index in [4.69, 9.17) is 4.74 Å². The molecular weight excluding hydrogens is 190 g/mol. The Labute approximate surface area is 90.4 Å². The van der Waals surface area contributed by atoms with Crippen molar-refractivity contribution in [1.29, 1.82) is 0 Å². The molecule has 82 valence electrons. The van der Waals surface area contributed by atoms with E-state index in [1.54, 1.807) is 7.11 Å². The quantitative estimate of drug-likeness (QED) is 0.819. The standard InChI is InChI=1S/C12H17NO2/c1-9(2)13-12(14)11-6-4-10(5-7-11)8-15-3/h4-7,9H,8H2,1-3H3,(H,13,14). The zero-order valence-electron chi connectivity index (χ0n) is 9.41. The van der Waals surface area contributed by atoms with Crippen LogP contribution in [0.25, 0.3) is 0 Å². The van der Waals surface area contributed by atoms with E-state index in [0.29, 0.717) is 12.2 Å². The lowest BCUT2D eigenvalue weighted by Crippen LogP contribution is -2.29. The summed E-state index contributed by atoms with van der Waals surface area (Å²) in [4.78, 5) is 11.6. The number of hydrogen-bond donors (Lipinski definition) is 1. The van der Waals surface area contributed by atoms with E-state index in [0.717, 1.165) is 5.56 Å². The zero-order valence-corrected chi connectivity index (χ0v) is 9.41. The highest BCUT2D eigenvalue weighted by atomic mass is 16.5. The lowest BCUT2D eigenvalue weighted by atomic mass is 10.1. The molecule has 0 aromatic heterocycles. The average Bonchev–Trinajstić information content (AvgIpc) is 2.18. The topological polar surface area (TPSA) is 38.3 Å². The molecular formula is C12H17NO2. The molecule has 0 saturated heterocycles. The Bertz CT molecular complexity index is 317. The Balaban J connectivity index is 2.67. The van der Waals surface area contributed by atoms with Gasteiger partial charge in [0, 0.05) is 18.7 Å². The monoisotopic (exact) mass is 207 g/mol. The third kappa shape index (κ3) is 3.72. The summed E-state index contributed by atoms with van der Waals surface area (Å²) in [6.45, 7) is 4.46. The summed E-state index contributed by atoms with van der Waals surface area (Å²) in [5, 5.41) is 2.84. The maximum atomic E-state index is 11.6. The summed E-state index contributed by atoms with van der Waals surface area (Å²) in [5.74, 6) is -0.0334. The molecule has 15 heavy (non-hydrogen) atoms. The average molecular weight is 207 g/mol. The highest BCUT2D eigenvalue weighted by molar-refractivity contribution is 5.94. The molecule has 1 rings (SSSR count). The molecule has 0 bridgehead atoms. The van der Waals surface area contributed by atoms with Crippen molar-refractivity contribution in [2.45, 2.75) is 26.5 Å². The third-order valence-electron chi connectivity index (χ3n) is 1.95. The van der Waals surface area contributed by atoms with Crippen molar-refractivity contribution in [2.24, 2.45) is 0 Å². The number of nitrogens with one attached hydrogen (secondary N) is 1. The summed E-state index contributed by atoms with van der Waals surface area (Å²) in [6.07, 6.45) is 0. The van der Waals surface area contributed by atoms with Gasteiger partial charge in [-0.1, -0.05) is 12.1 Å². The van der Waals surface area contributed by atoms with E-state index in [1.807, 2.05) is 38.1 Å². The van der Waals surface area contributed by atoms with Crippen molar-refractivity contribution in [1.82, 2.24) is 5.32 Å². The van der Waals surface area contributed by atoms with E-state index < -0.39 is 0 Å². The number of amides is 1. The molecule has 0 aliphatic heterocycles. The van der Waals surface area contributed by atoms with Gasteiger partial charge >= 0.3 is 0 Å². The predicted molar refractivity (Wildman–Crippen MR) is 59.8 cm³/mol. The molecule has 0 heterocycles. The van der Waals surface area contributed by atoms with Crippen molar-refractivity contribution in [2.75, 3.05) is 7.11 Å². The second-order valence-electron chi connectivity index (χ2n) is 3.76. The molecule has 0 fully saturated rings. The van der Waals surface area contributed by atoms with Crippen LogP contribution in [0.2, 0.25) is 0 Å². The predicted octanol–water partition coefficient (Wildman–Crippen LogP) is 1.97. The summed E-state index contributed by atoms with van der Waals surface area (Å²) in [7, 11) is 1.65. The molecule has 0 aliphatic carbocycles. The van der Waals surface area contributed by atoms with Gasteiger partial charge in [0.25, 0.3) is 5.91 Å². The van der Waals surface area contributed by atoms with E-state index in [9.17, 15) is 4.79 Å². The van der Waals surface area contributed by atoms with Crippen LogP contribution < -0.4 is 5.32 Å². The highest BCUT2D eigenvalue weighted by Crippen LogP contribution is 2.05. The van der Waals surface area contributed by atoms with Gasteiger partial charge in [-0.3, -0.25) is 4.79 Å². The van der Waals surface area contributed by atoms with Crippen LogP contribution in [0.3, 0.4) is 0 Å². The van der Waals surface area contributed by atoms with Crippen molar-refractivity contribution in [3.05, 3.63) is 35.4 Å². The van der Waals surface area contributed by atoms with E-state index in [1.165, 1.54) is 0 Å². The Kier molecular flexibility index (Phi) is 4.31. The summed E-state index contributed by atoms with van der Waals surface area (Å²) in [6, 6.07) is 7.59. The minimum absolute atomic E-state index is 0.0334. The fourth-order valence-electron chi connectivity index (χ4n) is 1.26. The number of methoxy groups -OCH3 is 1. The number of benzene rings is 1. The van der Waals surface area contributed by atoms with Crippen LogP contribution >= 0.6 is 0 Å². The van der Waals surface area contributed by atoms with Gasteiger partial charge in [-0.05, 0) is 31.5 Å². The Morgan fingerprint density at radius 1 is 1.33 bits per heavy atom. The maximum Gasteiger partial charge on any atom is 0.251 e. The molecule has 1 N–H and O–H groups in total. The summed E-state index contributed by atoms with van der Waals surface area (Å²) < 4.78 is 4.99. The normalized spacial score (nSPS) is 10.4. The largest absolute Gasteiger partial charge is 0.380 e. The number of hydrogen-bond acceptors (Lipinski definition) is 2. The fraction of sp³-hybridized carbons (Fsp3) is 0.417. The minimum Gasteiger partial charge on any atom is -0.380 e. The number of carbonyl (C=O) groups excluding carboxylic acids is 1. The molecule has 0 radical (unpaired) electrons. The number of ether oxygens (including phenoxy) is 1. The van der Waals surface area contributed by atoms with Gasteiger partial charge in [0.1, 0.15) is 0 Å². The first-order valence-corrected chi connectivity index (χ1v) is 5.02.